The normalized spacial score (nSPS) is 30.4. The average Bonchev–Trinajstić information content (AvgIpc) is 2.30. The maximum atomic E-state index is 10.7. The van der Waals surface area contributed by atoms with E-state index in [9.17, 15) is 5.11 Å². The van der Waals surface area contributed by atoms with Crippen molar-refractivity contribution in [3.63, 3.8) is 0 Å². The molecule has 0 bridgehead atoms. The first kappa shape index (κ1) is 14.5. The SMILES string of the molecule is CC(N)C1(O)CCCCC1c1ccccc1.Cl. The van der Waals surface area contributed by atoms with Gasteiger partial charge >= 0.3 is 0 Å². The van der Waals surface area contributed by atoms with Gasteiger partial charge in [0.25, 0.3) is 0 Å². The summed E-state index contributed by atoms with van der Waals surface area (Å²) in [5, 5.41) is 10.7. The third-order valence-electron chi connectivity index (χ3n) is 3.91. The molecule has 3 unspecified atom stereocenters. The summed E-state index contributed by atoms with van der Waals surface area (Å²) in [5.41, 5.74) is 6.48. The van der Waals surface area contributed by atoms with Crippen molar-refractivity contribution in [1.82, 2.24) is 0 Å². The van der Waals surface area contributed by atoms with Crippen molar-refractivity contribution < 1.29 is 5.11 Å². The highest BCUT2D eigenvalue weighted by molar-refractivity contribution is 5.85. The fourth-order valence-corrected chi connectivity index (χ4v) is 2.87. The van der Waals surface area contributed by atoms with Crippen LogP contribution in [0.4, 0.5) is 0 Å². The summed E-state index contributed by atoms with van der Waals surface area (Å²) < 4.78 is 0. The van der Waals surface area contributed by atoms with Gasteiger partial charge in [-0.1, -0.05) is 43.2 Å². The Morgan fingerprint density at radius 3 is 2.53 bits per heavy atom. The lowest BCUT2D eigenvalue weighted by Gasteiger charge is -2.43. The van der Waals surface area contributed by atoms with E-state index < -0.39 is 5.60 Å². The van der Waals surface area contributed by atoms with E-state index in [0.29, 0.717) is 0 Å². The lowest BCUT2D eigenvalue weighted by Crippen LogP contribution is -2.52. The fourth-order valence-electron chi connectivity index (χ4n) is 2.87. The highest BCUT2D eigenvalue weighted by Crippen LogP contribution is 2.42. The molecule has 3 N–H and O–H groups in total. The van der Waals surface area contributed by atoms with Gasteiger partial charge in [-0.25, -0.2) is 0 Å². The highest BCUT2D eigenvalue weighted by atomic mass is 35.5. The number of nitrogens with two attached hydrogens (primary N) is 1. The monoisotopic (exact) mass is 255 g/mol. The maximum Gasteiger partial charge on any atom is 0.0863 e. The van der Waals surface area contributed by atoms with Crippen LogP contribution in [-0.4, -0.2) is 16.7 Å². The first-order chi connectivity index (χ1) is 7.64. The Balaban J connectivity index is 0.00000144. The molecule has 0 aromatic heterocycles. The van der Waals surface area contributed by atoms with Crippen molar-refractivity contribution >= 4 is 12.4 Å². The number of hydrogen-bond acceptors (Lipinski definition) is 2. The second kappa shape index (κ2) is 5.85. The summed E-state index contributed by atoms with van der Waals surface area (Å²) in [6.07, 6.45) is 4.14. The molecule has 0 amide bonds. The minimum Gasteiger partial charge on any atom is -0.388 e. The molecule has 1 aromatic carbocycles. The fraction of sp³-hybridized carbons (Fsp3) is 0.571. The molecular weight excluding hydrogens is 234 g/mol. The molecule has 2 rings (SSSR count). The van der Waals surface area contributed by atoms with Gasteiger partial charge in [-0.2, -0.15) is 0 Å². The van der Waals surface area contributed by atoms with Crippen LogP contribution in [0.3, 0.4) is 0 Å². The van der Waals surface area contributed by atoms with Crippen LogP contribution >= 0.6 is 12.4 Å². The summed E-state index contributed by atoms with van der Waals surface area (Å²) in [5.74, 6) is 0.197. The Morgan fingerprint density at radius 1 is 1.29 bits per heavy atom. The average molecular weight is 256 g/mol. The van der Waals surface area contributed by atoms with Gasteiger partial charge in [-0.05, 0) is 25.3 Å². The van der Waals surface area contributed by atoms with Gasteiger partial charge in [-0.3, -0.25) is 0 Å². The zero-order valence-corrected chi connectivity index (χ0v) is 11.1. The van der Waals surface area contributed by atoms with Crippen molar-refractivity contribution in [2.45, 2.75) is 50.2 Å². The van der Waals surface area contributed by atoms with E-state index in [0.717, 1.165) is 19.3 Å². The standard InChI is InChI=1S/C14H21NO.ClH/c1-11(15)14(16)10-6-5-9-13(14)12-7-3-2-4-8-12;/h2-4,7-8,11,13,16H,5-6,9-10,15H2,1H3;1H. The molecule has 0 spiro atoms. The van der Waals surface area contributed by atoms with Crippen LogP contribution in [0.5, 0.6) is 0 Å². The molecule has 2 nitrogen and oxygen atoms in total. The molecule has 0 heterocycles. The van der Waals surface area contributed by atoms with Crippen LogP contribution in [-0.2, 0) is 0 Å². The number of halogens is 1. The maximum absolute atomic E-state index is 10.7. The first-order valence-electron chi connectivity index (χ1n) is 6.17. The predicted molar refractivity (Wildman–Crippen MR) is 73.5 cm³/mol. The van der Waals surface area contributed by atoms with E-state index in [4.69, 9.17) is 5.73 Å². The molecular formula is C14H22ClNO. The minimum atomic E-state index is -0.723. The van der Waals surface area contributed by atoms with Gasteiger partial charge in [0.2, 0.25) is 0 Å². The third kappa shape index (κ3) is 2.82. The van der Waals surface area contributed by atoms with Gasteiger partial charge < -0.3 is 10.8 Å². The zero-order valence-electron chi connectivity index (χ0n) is 10.3. The zero-order chi connectivity index (χ0) is 11.6. The Bertz CT molecular complexity index is 341. The van der Waals surface area contributed by atoms with Crippen LogP contribution < -0.4 is 5.73 Å². The lowest BCUT2D eigenvalue weighted by atomic mass is 9.69. The topological polar surface area (TPSA) is 46.2 Å². The lowest BCUT2D eigenvalue weighted by molar-refractivity contribution is -0.0345. The Kier molecular flexibility index (Phi) is 4.99. The van der Waals surface area contributed by atoms with Crippen LogP contribution in [0.2, 0.25) is 0 Å². The molecule has 1 aliphatic rings. The molecule has 17 heavy (non-hydrogen) atoms. The van der Waals surface area contributed by atoms with Gasteiger partial charge in [0.05, 0.1) is 5.60 Å². The van der Waals surface area contributed by atoms with Crippen LogP contribution in [0.25, 0.3) is 0 Å². The second-order valence-electron chi connectivity index (χ2n) is 4.99. The molecule has 0 radical (unpaired) electrons. The molecule has 96 valence electrons. The van der Waals surface area contributed by atoms with Gasteiger partial charge in [0.1, 0.15) is 0 Å². The van der Waals surface area contributed by atoms with Crippen molar-refractivity contribution in [1.29, 1.82) is 0 Å². The van der Waals surface area contributed by atoms with Crippen LogP contribution in [0.15, 0.2) is 30.3 Å². The number of benzene rings is 1. The highest BCUT2D eigenvalue weighted by Gasteiger charge is 2.42. The summed E-state index contributed by atoms with van der Waals surface area (Å²) >= 11 is 0. The largest absolute Gasteiger partial charge is 0.388 e. The van der Waals surface area contributed by atoms with Gasteiger partial charge in [0, 0.05) is 12.0 Å². The summed E-state index contributed by atoms with van der Waals surface area (Å²) in [7, 11) is 0. The van der Waals surface area contributed by atoms with Gasteiger partial charge in [0.15, 0.2) is 0 Å². The minimum absolute atomic E-state index is 0. The smallest absolute Gasteiger partial charge is 0.0863 e. The van der Waals surface area contributed by atoms with Crippen molar-refractivity contribution in [2.75, 3.05) is 0 Å². The summed E-state index contributed by atoms with van der Waals surface area (Å²) in [6, 6.07) is 10.1. The first-order valence-corrected chi connectivity index (χ1v) is 6.17. The molecule has 0 aliphatic heterocycles. The second-order valence-corrected chi connectivity index (χ2v) is 4.99. The molecule has 3 heteroatoms. The molecule has 1 aromatic rings. The summed E-state index contributed by atoms with van der Waals surface area (Å²) in [6.45, 7) is 1.92. The number of rotatable bonds is 2. The molecule has 0 saturated heterocycles. The van der Waals surface area contributed by atoms with E-state index in [1.807, 2.05) is 25.1 Å². The Morgan fingerprint density at radius 2 is 1.94 bits per heavy atom. The molecule has 3 atom stereocenters. The van der Waals surface area contributed by atoms with E-state index in [1.165, 1.54) is 12.0 Å². The van der Waals surface area contributed by atoms with Crippen molar-refractivity contribution in [3.05, 3.63) is 35.9 Å². The third-order valence-corrected chi connectivity index (χ3v) is 3.91. The summed E-state index contributed by atoms with van der Waals surface area (Å²) in [4.78, 5) is 0. The number of aliphatic hydroxyl groups is 1. The van der Waals surface area contributed by atoms with Crippen LogP contribution in [0, 0.1) is 0 Å². The van der Waals surface area contributed by atoms with E-state index in [1.54, 1.807) is 0 Å². The van der Waals surface area contributed by atoms with Crippen LogP contribution in [0.1, 0.15) is 44.1 Å². The quantitative estimate of drug-likeness (QED) is 0.854. The van der Waals surface area contributed by atoms with Crippen molar-refractivity contribution in [2.24, 2.45) is 5.73 Å². The van der Waals surface area contributed by atoms with Gasteiger partial charge in [-0.15, -0.1) is 12.4 Å². The number of hydrogen-bond donors (Lipinski definition) is 2. The van der Waals surface area contributed by atoms with Crippen molar-refractivity contribution in [3.8, 4) is 0 Å². The molecule has 1 saturated carbocycles. The Hall–Kier alpha value is -0.570. The Labute approximate surface area is 110 Å². The molecule has 1 fully saturated rings. The van der Waals surface area contributed by atoms with E-state index in [2.05, 4.69) is 12.1 Å². The predicted octanol–water partition coefficient (Wildman–Crippen LogP) is 2.84. The van der Waals surface area contributed by atoms with E-state index >= 15 is 0 Å². The molecule has 1 aliphatic carbocycles. The van der Waals surface area contributed by atoms with E-state index in [-0.39, 0.29) is 24.4 Å².